The maximum Gasteiger partial charge on any atom is 0.131 e. The summed E-state index contributed by atoms with van der Waals surface area (Å²) in [6, 6.07) is 21.6. The molecule has 1 heteroatoms. The van der Waals surface area contributed by atoms with Crippen molar-refractivity contribution in [2.24, 2.45) is 0 Å². The zero-order chi connectivity index (χ0) is 16.9. The van der Waals surface area contributed by atoms with Crippen LogP contribution in [0.25, 0.3) is 28.3 Å². The topological polar surface area (TPSA) is 0 Å². The highest BCUT2D eigenvalue weighted by atomic mass is 19.1. The average Bonchev–Trinajstić information content (AvgIpc) is 2.61. The molecule has 3 aromatic rings. The number of aryl methyl sites for hydroxylation is 1. The van der Waals surface area contributed by atoms with Gasteiger partial charge in [0.2, 0.25) is 0 Å². The van der Waals surface area contributed by atoms with E-state index in [9.17, 15) is 4.39 Å². The smallest absolute Gasteiger partial charge is 0.131 e. The van der Waals surface area contributed by atoms with E-state index in [4.69, 9.17) is 0 Å². The first-order valence-corrected chi connectivity index (χ1v) is 8.31. The van der Waals surface area contributed by atoms with E-state index in [0.717, 1.165) is 28.7 Å². The highest BCUT2D eigenvalue weighted by Gasteiger charge is 2.07. The fraction of sp³-hybridized carbons (Fsp3) is 0.130. The second-order valence-electron chi connectivity index (χ2n) is 5.99. The Labute approximate surface area is 143 Å². The predicted octanol–water partition coefficient (Wildman–Crippen LogP) is 6.89. The van der Waals surface area contributed by atoms with E-state index >= 15 is 0 Å². The molecule has 0 unspecified atom stereocenters. The summed E-state index contributed by atoms with van der Waals surface area (Å²) in [6.07, 6.45) is 5.21. The molecule has 3 aromatic carbocycles. The lowest BCUT2D eigenvalue weighted by molar-refractivity contribution is 0.632. The molecule has 24 heavy (non-hydrogen) atoms. The Bertz CT molecular complexity index is 840. The van der Waals surface area contributed by atoms with Gasteiger partial charge in [-0.15, -0.1) is 0 Å². The third-order valence-electron chi connectivity index (χ3n) is 4.12. The number of benzene rings is 3. The van der Waals surface area contributed by atoms with Crippen LogP contribution in [0.15, 0.2) is 72.8 Å². The molecule has 120 valence electrons. The summed E-state index contributed by atoms with van der Waals surface area (Å²) in [6.45, 7) is 4.16. The maximum absolute atomic E-state index is 14.6. The number of hydrogen-bond acceptors (Lipinski definition) is 0. The van der Waals surface area contributed by atoms with Gasteiger partial charge in [0.05, 0.1) is 0 Å². The Morgan fingerprint density at radius 1 is 0.792 bits per heavy atom. The molecule has 0 nitrogen and oxygen atoms in total. The number of rotatable bonds is 4. The molecule has 0 aliphatic carbocycles. The SMILES string of the molecule is CC/C=C/c1ccc(-c2ccc(-c3ccc(C)cc3)cc2F)cc1. The van der Waals surface area contributed by atoms with Crippen molar-refractivity contribution in [2.75, 3.05) is 0 Å². The second kappa shape index (κ2) is 7.27. The van der Waals surface area contributed by atoms with Crippen molar-refractivity contribution >= 4 is 6.08 Å². The lowest BCUT2D eigenvalue weighted by Gasteiger charge is -2.08. The average molecular weight is 316 g/mol. The fourth-order valence-corrected chi connectivity index (χ4v) is 2.70. The molecule has 0 radical (unpaired) electrons. The van der Waals surface area contributed by atoms with Crippen LogP contribution in [-0.2, 0) is 0 Å². The predicted molar refractivity (Wildman–Crippen MR) is 101 cm³/mol. The van der Waals surface area contributed by atoms with Crippen molar-refractivity contribution in [1.29, 1.82) is 0 Å². The molecule has 0 bridgehead atoms. The highest BCUT2D eigenvalue weighted by Crippen LogP contribution is 2.28. The van der Waals surface area contributed by atoms with Crippen molar-refractivity contribution in [2.45, 2.75) is 20.3 Å². The molecule has 0 N–H and O–H groups in total. The minimum Gasteiger partial charge on any atom is -0.206 e. The van der Waals surface area contributed by atoms with Gasteiger partial charge in [-0.25, -0.2) is 4.39 Å². The van der Waals surface area contributed by atoms with E-state index in [0.29, 0.717) is 5.56 Å². The van der Waals surface area contributed by atoms with Crippen LogP contribution in [0.4, 0.5) is 4.39 Å². The third-order valence-corrected chi connectivity index (χ3v) is 4.12. The molecule has 3 rings (SSSR count). The highest BCUT2D eigenvalue weighted by molar-refractivity contribution is 5.72. The van der Waals surface area contributed by atoms with E-state index in [-0.39, 0.29) is 5.82 Å². The summed E-state index contributed by atoms with van der Waals surface area (Å²) < 4.78 is 14.6. The summed E-state index contributed by atoms with van der Waals surface area (Å²) in [7, 11) is 0. The summed E-state index contributed by atoms with van der Waals surface area (Å²) in [5, 5.41) is 0. The summed E-state index contributed by atoms with van der Waals surface area (Å²) in [4.78, 5) is 0. The van der Waals surface area contributed by atoms with Gasteiger partial charge in [-0.05, 0) is 41.7 Å². The quantitative estimate of drug-likeness (QED) is 0.491. The Balaban J connectivity index is 1.89. The Morgan fingerprint density at radius 2 is 1.42 bits per heavy atom. The largest absolute Gasteiger partial charge is 0.206 e. The first-order valence-electron chi connectivity index (χ1n) is 8.31. The van der Waals surface area contributed by atoms with E-state index in [1.54, 1.807) is 6.07 Å². The molecule has 0 spiro atoms. The zero-order valence-electron chi connectivity index (χ0n) is 14.1. The second-order valence-corrected chi connectivity index (χ2v) is 5.99. The standard InChI is InChI=1S/C23H21F/c1-3-4-5-18-8-12-20(13-9-18)22-15-14-21(16-23(22)24)19-10-6-17(2)7-11-19/h4-16H,3H2,1-2H3/b5-4+. The summed E-state index contributed by atoms with van der Waals surface area (Å²) in [5.74, 6) is -0.190. The van der Waals surface area contributed by atoms with Crippen LogP contribution >= 0.6 is 0 Å². The van der Waals surface area contributed by atoms with Crippen LogP contribution in [-0.4, -0.2) is 0 Å². The van der Waals surface area contributed by atoms with Crippen LogP contribution in [0.5, 0.6) is 0 Å². The zero-order valence-corrected chi connectivity index (χ0v) is 14.1. The molecule has 0 fully saturated rings. The van der Waals surface area contributed by atoms with Gasteiger partial charge in [-0.3, -0.25) is 0 Å². The molecular weight excluding hydrogens is 295 g/mol. The third kappa shape index (κ3) is 3.62. The molecule has 0 saturated carbocycles. The van der Waals surface area contributed by atoms with Crippen LogP contribution in [0.2, 0.25) is 0 Å². The van der Waals surface area contributed by atoms with Crippen LogP contribution < -0.4 is 0 Å². The molecule has 0 aliphatic heterocycles. The van der Waals surface area contributed by atoms with Crippen LogP contribution in [0, 0.1) is 12.7 Å². The molecular formula is C23H21F. The molecule has 0 atom stereocenters. The van der Waals surface area contributed by atoms with Gasteiger partial charge >= 0.3 is 0 Å². The van der Waals surface area contributed by atoms with Gasteiger partial charge in [0.25, 0.3) is 0 Å². The van der Waals surface area contributed by atoms with Crippen LogP contribution in [0.1, 0.15) is 24.5 Å². The Hall–Kier alpha value is -2.67. The van der Waals surface area contributed by atoms with E-state index in [1.165, 1.54) is 5.56 Å². The Kier molecular flexibility index (Phi) is 4.90. The molecule has 0 saturated heterocycles. The van der Waals surface area contributed by atoms with Crippen molar-refractivity contribution in [3.63, 3.8) is 0 Å². The number of hydrogen-bond donors (Lipinski definition) is 0. The summed E-state index contributed by atoms with van der Waals surface area (Å²) in [5.41, 5.74) is 5.81. The molecule has 0 amide bonds. The first-order chi connectivity index (χ1) is 11.7. The van der Waals surface area contributed by atoms with Gasteiger partial charge in [0.1, 0.15) is 5.82 Å². The minimum atomic E-state index is -0.190. The fourth-order valence-electron chi connectivity index (χ4n) is 2.70. The van der Waals surface area contributed by atoms with Gasteiger partial charge in [-0.2, -0.15) is 0 Å². The van der Waals surface area contributed by atoms with Crippen molar-refractivity contribution in [3.05, 3.63) is 89.8 Å². The van der Waals surface area contributed by atoms with E-state index in [2.05, 4.69) is 19.1 Å². The van der Waals surface area contributed by atoms with E-state index in [1.807, 2.05) is 67.6 Å². The first kappa shape index (κ1) is 16.2. The van der Waals surface area contributed by atoms with Gasteiger partial charge in [-0.1, -0.05) is 85.3 Å². The van der Waals surface area contributed by atoms with Gasteiger partial charge in [0, 0.05) is 5.56 Å². The minimum absolute atomic E-state index is 0.190. The number of halogens is 1. The van der Waals surface area contributed by atoms with Crippen molar-refractivity contribution < 1.29 is 4.39 Å². The van der Waals surface area contributed by atoms with E-state index < -0.39 is 0 Å². The van der Waals surface area contributed by atoms with Crippen molar-refractivity contribution in [1.82, 2.24) is 0 Å². The molecule has 0 aromatic heterocycles. The normalized spacial score (nSPS) is 11.1. The monoisotopic (exact) mass is 316 g/mol. The molecule has 0 aliphatic rings. The summed E-state index contributed by atoms with van der Waals surface area (Å²) >= 11 is 0. The lowest BCUT2D eigenvalue weighted by atomic mass is 9.98. The van der Waals surface area contributed by atoms with Crippen LogP contribution in [0.3, 0.4) is 0 Å². The van der Waals surface area contributed by atoms with Gasteiger partial charge < -0.3 is 0 Å². The molecule has 0 heterocycles. The maximum atomic E-state index is 14.6. The van der Waals surface area contributed by atoms with Crippen molar-refractivity contribution in [3.8, 4) is 22.3 Å². The lowest BCUT2D eigenvalue weighted by Crippen LogP contribution is -1.87. The Morgan fingerprint density at radius 3 is 2.04 bits per heavy atom. The number of allylic oxidation sites excluding steroid dienone is 1. The van der Waals surface area contributed by atoms with Gasteiger partial charge in [0.15, 0.2) is 0 Å².